The number of hydrogen-bond donors (Lipinski definition) is 1. The van der Waals surface area contributed by atoms with Gasteiger partial charge in [0.15, 0.2) is 17.5 Å². The number of nitrogens with zero attached hydrogens (tertiary/aromatic N) is 2. The highest BCUT2D eigenvalue weighted by molar-refractivity contribution is 5.62. The van der Waals surface area contributed by atoms with Gasteiger partial charge in [0, 0.05) is 24.6 Å². The fourth-order valence-corrected chi connectivity index (χ4v) is 3.57. The van der Waals surface area contributed by atoms with Crippen LogP contribution in [0, 0.1) is 13.8 Å². The fourth-order valence-electron chi connectivity index (χ4n) is 3.57. The SMILES string of the molecule is COCCOC1c2ccn3c(C)c(C)nc3c2OC(c2ccccc2)C1O. The van der Waals surface area contributed by atoms with E-state index in [1.165, 1.54) is 0 Å². The molecule has 2 aromatic heterocycles. The van der Waals surface area contributed by atoms with Crippen molar-refractivity contribution in [1.29, 1.82) is 0 Å². The summed E-state index contributed by atoms with van der Waals surface area (Å²) in [6, 6.07) is 11.7. The summed E-state index contributed by atoms with van der Waals surface area (Å²) in [7, 11) is 1.63. The van der Waals surface area contributed by atoms with Gasteiger partial charge in [0.05, 0.1) is 18.9 Å². The molecule has 0 bridgehead atoms. The number of aliphatic hydroxyl groups is 1. The van der Waals surface area contributed by atoms with Crippen molar-refractivity contribution in [3.8, 4) is 5.75 Å². The van der Waals surface area contributed by atoms with Gasteiger partial charge in [-0.3, -0.25) is 0 Å². The predicted molar refractivity (Wildman–Crippen MR) is 101 cm³/mol. The first-order chi connectivity index (χ1) is 13.1. The van der Waals surface area contributed by atoms with Gasteiger partial charge in [-0.05, 0) is 25.5 Å². The molecule has 0 amide bonds. The number of imidazole rings is 1. The number of aryl methyl sites for hydroxylation is 2. The molecule has 6 heteroatoms. The molecule has 0 radical (unpaired) electrons. The van der Waals surface area contributed by atoms with Crippen LogP contribution in [0.25, 0.3) is 5.65 Å². The molecule has 1 N–H and O–H groups in total. The van der Waals surface area contributed by atoms with Crippen molar-refractivity contribution in [1.82, 2.24) is 9.38 Å². The van der Waals surface area contributed by atoms with Crippen LogP contribution in [0.1, 0.15) is 34.7 Å². The van der Waals surface area contributed by atoms with Crippen LogP contribution in [-0.2, 0) is 9.47 Å². The minimum atomic E-state index is -0.837. The van der Waals surface area contributed by atoms with Gasteiger partial charge in [-0.1, -0.05) is 30.3 Å². The number of aromatic nitrogens is 2. The summed E-state index contributed by atoms with van der Waals surface area (Å²) in [6.45, 7) is 4.85. The standard InChI is InChI=1S/C21H24N2O4/c1-13-14(2)23-10-9-16-19(26-12-11-25-3)17(24)18(15-7-5-4-6-8-15)27-20(16)21(23)22-13/h4-10,17-19,24H,11-12H2,1-3H3. The highest BCUT2D eigenvalue weighted by Gasteiger charge is 2.40. The van der Waals surface area contributed by atoms with Crippen LogP contribution in [0.3, 0.4) is 0 Å². The highest BCUT2D eigenvalue weighted by atomic mass is 16.5. The van der Waals surface area contributed by atoms with Crippen LogP contribution in [0.15, 0.2) is 42.6 Å². The van der Waals surface area contributed by atoms with Crippen LogP contribution in [-0.4, -0.2) is 40.9 Å². The lowest BCUT2D eigenvalue weighted by molar-refractivity contribution is -0.108. The Labute approximate surface area is 158 Å². The van der Waals surface area contributed by atoms with Crippen LogP contribution in [0.5, 0.6) is 5.75 Å². The van der Waals surface area contributed by atoms with Gasteiger partial charge >= 0.3 is 0 Å². The second kappa shape index (κ2) is 7.31. The first-order valence-electron chi connectivity index (χ1n) is 9.10. The van der Waals surface area contributed by atoms with Crippen molar-refractivity contribution in [3.05, 3.63) is 65.1 Å². The minimum absolute atomic E-state index is 0.386. The molecule has 0 saturated carbocycles. The van der Waals surface area contributed by atoms with Crippen molar-refractivity contribution in [2.24, 2.45) is 0 Å². The molecule has 1 aliphatic heterocycles. The molecule has 0 aliphatic carbocycles. The van der Waals surface area contributed by atoms with E-state index < -0.39 is 18.3 Å². The Morgan fingerprint density at radius 2 is 1.93 bits per heavy atom. The van der Waals surface area contributed by atoms with E-state index in [2.05, 4.69) is 4.98 Å². The van der Waals surface area contributed by atoms with Crippen molar-refractivity contribution in [2.45, 2.75) is 32.2 Å². The monoisotopic (exact) mass is 368 g/mol. The van der Waals surface area contributed by atoms with Gasteiger partial charge < -0.3 is 23.7 Å². The number of benzene rings is 1. The molecular formula is C21H24N2O4. The first kappa shape index (κ1) is 18.0. The molecule has 3 heterocycles. The fraction of sp³-hybridized carbons (Fsp3) is 0.381. The predicted octanol–water partition coefficient (Wildman–Crippen LogP) is 3.15. The zero-order valence-electron chi connectivity index (χ0n) is 15.8. The van der Waals surface area contributed by atoms with Gasteiger partial charge in [0.1, 0.15) is 12.2 Å². The highest BCUT2D eigenvalue weighted by Crippen LogP contribution is 2.44. The van der Waals surface area contributed by atoms with Crippen LogP contribution < -0.4 is 4.74 Å². The second-order valence-corrected chi connectivity index (χ2v) is 6.80. The molecule has 0 saturated heterocycles. The third kappa shape index (κ3) is 3.10. The van der Waals surface area contributed by atoms with E-state index in [1.54, 1.807) is 7.11 Å². The summed E-state index contributed by atoms with van der Waals surface area (Å²) >= 11 is 0. The number of hydrogen-bond acceptors (Lipinski definition) is 5. The zero-order valence-corrected chi connectivity index (χ0v) is 15.8. The lowest BCUT2D eigenvalue weighted by Gasteiger charge is -2.36. The zero-order chi connectivity index (χ0) is 19.0. The Balaban J connectivity index is 1.82. The number of rotatable bonds is 5. The summed E-state index contributed by atoms with van der Waals surface area (Å²) < 4.78 is 19.4. The largest absolute Gasteiger partial charge is 0.479 e. The van der Waals surface area contributed by atoms with Gasteiger partial charge in [-0.15, -0.1) is 0 Å². The molecule has 6 nitrogen and oxygen atoms in total. The maximum atomic E-state index is 11.0. The number of fused-ring (bicyclic) bond motifs is 3. The molecule has 0 fully saturated rings. The normalized spacial score (nSPS) is 21.9. The molecule has 0 spiro atoms. The molecule has 3 aromatic rings. The molecule has 27 heavy (non-hydrogen) atoms. The van der Waals surface area contributed by atoms with Crippen molar-refractivity contribution in [3.63, 3.8) is 0 Å². The van der Waals surface area contributed by atoms with E-state index in [4.69, 9.17) is 14.2 Å². The Hall–Kier alpha value is -2.41. The molecule has 3 unspecified atom stereocenters. The van der Waals surface area contributed by atoms with Crippen LogP contribution in [0.2, 0.25) is 0 Å². The van der Waals surface area contributed by atoms with E-state index >= 15 is 0 Å². The van der Waals surface area contributed by atoms with Crippen LogP contribution in [0.4, 0.5) is 0 Å². The molecule has 1 aliphatic rings. The van der Waals surface area contributed by atoms with Gasteiger partial charge in [0.25, 0.3) is 0 Å². The summed E-state index contributed by atoms with van der Waals surface area (Å²) in [5, 5.41) is 11.0. The summed E-state index contributed by atoms with van der Waals surface area (Å²) in [5.41, 5.74) is 4.47. The second-order valence-electron chi connectivity index (χ2n) is 6.80. The lowest BCUT2D eigenvalue weighted by atomic mass is 9.92. The number of ether oxygens (including phenoxy) is 3. The van der Waals surface area contributed by atoms with E-state index in [0.717, 1.165) is 28.2 Å². The van der Waals surface area contributed by atoms with Crippen LogP contribution >= 0.6 is 0 Å². The van der Waals surface area contributed by atoms with Gasteiger partial charge in [0.2, 0.25) is 0 Å². The first-order valence-corrected chi connectivity index (χ1v) is 9.10. The molecule has 1 aromatic carbocycles. The average Bonchev–Trinajstić information content (AvgIpc) is 2.98. The van der Waals surface area contributed by atoms with Crippen molar-refractivity contribution in [2.75, 3.05) is 20.3 Å². The Morgan fingerprint density at radius 1 is 1.15 bits per heavy atom. The summed E-state index contributed by atoms with van der Waals surface area (Å²) in [4.78, 5) is 4.69. The molecule has 3 atom stereocenters. The Morgan fingerprint density at radius 3 is 2.67 bits per heavy atom. The maximum Gasteiger partial charge on any atom is 0.180 e. The topological polar surface area (TPSA) is 65.2 Å². The minimum Gasteiger partial charge on any atom is -0.479 e. The molecule has 4 rings (SSSR count). The van der Waals surface area contributed by atoms with E-state index in [9.17, 15) is 5.11 Å². The van der Waals surface area contributed by atoms with E-state index in [0.29, 0.717) is 19.0 Å². The van der Waals surface area contributed by atoms with E-state index in [-0.39, 0.29) is 0 Å². The lowest BCUT2D eigenvalue weighted by Crippen LogP contribution is -2.36. The number of methoxy groups -OCH3 is 1. The Bertz CT molecular complexity index is 938. The third-order valence-electron chi connectivity index (χ3n) is 5.14. The van der Waals surface area contributed by atoms with Crippen molar-refractivity contribution < 1.29 is 19.3 Å². The van der Waals surface area contributed by atoms with Gasteiger partial charge in [-0.25, -0.2) is 4.98 Å². The number of pyridine rings is 1. The van der Waals surface area contributed by atoms with E-state index in [1.807, 2.05) is 60.8 Å². The summed E-state index contributed by atoms with van der Waals surface area (Å²) in [6.07, 6.45) is 0.0669. The van der Waals surface area contributed by atoms with Gasteiger partial charge in [-0.2, -0.15) is 0 Å². The third-order valence-corrected chi connectivity index (χ3v) is 5.14. The quantitative estimate of drug-likeness (QED) is 0.701. The van der Waals surface area contributed by atoms with Crippen molar-refractivity contribution >= 4 is 5.65 Å². The molecule has 142 valence electrons. The summed E-state index contributed by atoms with van der Waals surface area (Å²) in [5.74, 6) is 0.662. The number of aliphatic hydroxyl groups excluding tert-OH is 1. The smallest absolute Gasteiger partial charge is 0.180 e. The Kier molecular flexibility index (Phi) is 4.86. The average molecular weight is 368 g/mol. The maximum absolute atomic E-state index is 11.0. The molecular weight excluding hydrogens is 344 g/mol.